The second-order valence-electron chi connectivity index (χ2n) is 4.77. The van der Waals surface area contributed by atoms with Gasteiger partial charge in [0.1, 0.15) is 5.75 Å². The van der Waals surface area contributed by atoms with E-state index in [0.717, 1.165) is 11.1 Å². The van der Waals surface area contributed by atoms with Gasteiger partial charge in [0.2, 0.25) is 5.91 Å². The van der Waals surface area contributed by atoms with Crippen molar-refractivity contribution in [1.29, 1.82) is 0 Å². The third kappa shape index (κ3) is 3.60. The van der Waals surface area contributed by atoms with E-state index in [-0.39, 0.29) is 23.8 Å². The molecule has 21 heavy (non-hydrogen) atoms. The normalized spacial score (nSPS) is 10.1. The number of carbonyl (C=O) groups is 2. The van der Waals surface area contributed by atoms with Crippen LogP contribution in [0.3, 0.4) is 0 Å². The van der Waals surface area contributed by atoms with Crippen molar-refractivity contribution in [3.05, 3.63) is 64.7 Å². The number of aromatic hydroxyl groups is 1. The Morgan fingerprint density at radius 3 is 2.62 bits per heavy atom. The van der Waals surface area contributed by atoms with E-state index in [9.17, 15) is 14.7 Å². The lowest BCUT2D eigenvalue weighted by Gasteiger charge is -2.08. The number of phenolic OH excluding ortho intramolecular Hbond substituents is 1. The van der Waals surface area contributed by atoms with Gasteiger partial charge in [-0.2, -0.15) is 0 Å². The number of rotatable bonds is 4. The molecular formula is C16H16N2O3. The third-order valence-electron chi connectivity index (χ3n) is 3.06. The van der Waals surface area contributed by atoms with E-state index in [4.69, 9.17) is 5.73 Å². The topological polar surface area (TPSA) is 92.4 Å². The van der Waals surface area contributed by atoms with Crippen molar-refractivity contribution < 1.29 is 14.7 Å². The molecule has 2 aromatic rings. The van der Waals surface area contributed by atoms with Gasteiger partial charge in [-0.25, -0.2) is 0 Å². The van der Waals surface area contributed by atoms with E-state index >= 15 is 0 Å². The molecule has 5 nitrogen and oxygen atoms in total. The maximum Gasteiger partial charge on any atom is 0.255 e. The number of hydrogen-bond acceptors (Lipinski definition) is 3. The summed E-state index contributed by atoms with van der Waals surface area (Å²) in [5.74, 6) is -0.949. The molecule has 0 aliphatic heterocycles. The van der Waals surface area contributed by atoms with Crippen molar-refractivity contribution in [3.63, 3.8) is 0 Å². The first-order valence-corrected chi connectivity index (χ1v) is 6.44. The lowest BCUT2D eigenvalue weighted by atomic mass is 10.1. The van der Waals surface area contributed by atoms with E-state index in [0.29, 0.717) is 5.56 Å². The predicted molar refractivity (Wildman–Crippen MR) is 79.0 cm³/mol. The van der Waals surface area contributed by atoms with Crippen LogP contribution < -0.4 is 11.1 Å². The van der Waals surface area contributed by atoms with Crippen LogP contribution in [-0.4, -0.2) is 16.9 Å². The molecule has 2 rings (SSSR count). The Morgan fingerprint density at radius 1 is 1.19 bits per heavy atom. The van der Waals surface area contributed by atoms with Crippen LogP contribution in [0.1, 0.15) is 31.8 Å². The zero-order chi connectivity index (χ0) is 15.4. The minimum Gasteiger partial charge on any atom is -0.507 e. The van der Waals surface area contributed by atoms with Crippen molar-refractivity contribution in [2.24, 2.45) is 5.73 Å². The lowest BCUT2D eigenvalue weighted by molar-refractivity contribution is 0.0947. The van der Waals surface area contributed by atoms with Crippen molar-refractivity contribution in [1.82, 2.24) is 5.32 Å². The molecule has 0 aromatic heterocycles. The van der Waals surface area contributed by atoms with Crippen molar-refractivity contribution >= 4 is 11.8 Å². The van der Waals surface area contributed by atoms with Crippen LogP contribution in [0.5, 0.6) is 5.75 Å². The third-order valence-corrected chi connectivity index (χ3v) is 3.06. The minimum atomic E-state index is -0.514. The Bertz CT molecular complexity index is 696. The molecule has 2 aromatic carbocycles. The van der Waals surface area contributed by atoms with Crippen molar-refractivity contribution in [2.75, 3.05) is 0 Å². The number of primary amides is 1. The number of phenols is 1. The molecule has 0 fully saturated rings. The van der Waals surface area contributed by atoms with E-state index in [2.05, 4.69) is 5.32 Å². The number of benzene rings is 2. The lowest BCUT2D eigenvalue weighted by Crippen LogP contribution is -2.23. The van der Waals surface area contributed by atoms with Crippen LogP contribution in [0, 0.1) is 6.92 Å². The van der Waals surface area contributed by atoms with Gasteiger partial charge in [0.25, 0.3) is 5.91 Å². The SMILES string of the molecule is Cc1ccc(C(=O)NCc2cccc(C(N)=O)c2)c(O)c1. The fraction of sp³-hybridized carbons (Fsp3) is 0.125. The molecule has 0 heterocycles. The fourth-order valence-electron chi connectivity index (χ4n) is 1.95. The van der Waals surface area contributed by atoms with Gasteiger partial charge in [-0.1, -0.05) is 18.2 Å². The van der Waals surface area contributed by atoms with E-state index in [1.165, 1.54) is 6.07 Å². The quantitative estimate of drug-likeness (QED) is 0.798. The molecule has 0 bridgehead atoms. The number of aryl methyl sites for hydroxylation is 1. The molecule has 0 unspecified atom stereocenters. The highest BCUT2D eigenvalue weighted by Gasteiger charge is 2.11. The van der Waals surface area contributed by atoms with Crippen LogP contribution in [0.15, 0.2) is 42.5 Å². The highest BCUT2D eigenvalue weighted by molar-refractivity contribution is 5.97. The Balaban J connectivity index is 2.07. The average molecular weight is 284 g/mol. The van der Waals surface area contributed by atoms with Gasteiger partial charge in [-0.15, -0.1) is 0 Å². The second-order valence-corrected chi connectivity index (χ2v) is 4.77. The molecule has 0 radical (unpaired) electrons. The minimum absolute atomic E-state index is 0.0570. The highest BCUT2D eigenvalue weighted by Crippen LogP contribution is 2.18. The summed E-state index contributed by atoms with van der Waals surface area (Å²) in [4.78, 5) is 23.1. The van der Waals surface area contributed by atoms with Gasteiger partial charge < -0.3 is 16.2 Å². The molecular weight excluding hydrogens is 268 g/mol. The molecule has 0 atom stereocenters. The molecule has 4 N–H and O–H groups in total. The standard InChI is InChI=1S/C16H16N2O3/c1-10-5-6-13(14(19)7-10)16(21)18-9-11-3-2-4-12(8-11)15(17)20/h2-8,19H,9H2,1H3,(H2,17,20)(H,18,21). The van der Waals surface area contributed by atoms with Gasteiger partial charge >= 0.3 is 0 Å². The Morgan fingerprint density at radius 2 is 1.95 bits per heavy atom. The molecule has 0 spiro atoms. The summed E-state index contributed by atoms with van der Waals surface area (Å²) in [5, 5.41) is 12.4. The Labute approximate surface area is 122 Å². The predicted octanol–water partition coefficient (Wildman–Crippen LogP) is 1.73. The molecule has 0 aliphatic rings. The van der Waals surface area contributed by atoms with E-state index in [1.54, 1.807) is 36.4 Å². The van der Waals surface area contributed by atoms with Crippen LogP contribution in [0.25, 0.3) is 0 Å². The first-order chi connectivity index (χ1) is 9.97. The largest absolute Gasteiger partial charge is 0.507 e. The van der Waals surface area contributed by atoms with Crippen molar-refractivity contribution in [3.8, 4) is 5.75 Å². The van der Waals surface area contributed by atoms with E-state index in [1.807, 2.05) is 6.92 Å². The van der Waals surface area contributed by atoms with Crippen LogP contribution in [-0.2, 0) is 6.54 Å². The summed E-state index contributed by atoms with van der Waals surface area (Å²) in [5.41, 5.74) is 7.44. The maximum absolute atomic E-state index is 12.0. The summed E-state index contributed by atoms with van der Waals surface area (Å²) < 4.78 is 0. The Hall–Kier alpha value is -2.82. The zero-order valence-corrected chi connectivity index (χ0v) is 11.6. The van der Waals surface area contributed by atoms with Gasteiger partial charge in [0.05, 0.1) is 5.56 Å². The molecule has 0 saturated heterocycles. The van der Waals surface area contributed by atoms with Crippen LogP contribution in [0.2, 0.25) is 0 Å². The number of nitrogens with one attached hydrogen (secondary N) is 1. The first-order valence-electron chi connectivity index (χ1n) is 6.44. The molecule has 0 saturated carbocycles. The molecule has 0 aliphatic carbocycles. The van der Waals surface area contributed by atoms with Crippen molar-refractivity contribution in [2.45, 2.75) is 13.5 Å². The monoisotopic (exact) mass is 284 g/mol. The second kappa shape index (κ2) is 6.09. The molecule has 5 heteroatoms. The van der Waals surface area contributed by atoms with Gasteiger partial charge in [0, 0.05) is 12.1 Å². The summed E-state index contributed by atoms with van der Waals surface area (Å²) >= 11 is 0. The van der Waals surface area contributed by atoms with Crippen LogP contribution >= 0.6 is 0 Å². The number of hydrogen-bond donors (Lipinski definition) is 3. The van der Waals surface area contributed by atoms with Gasteiger partial charge in [-0.05, 0) is 42.3 Å². The smallest absolute Gasteiger partial charge is 0.255 e. The van der Waals surface area contributed by atoms with Gasteiger partial charge in [-0.3, -0.25) is 9.59 Å². The van der Waals surface area contributed by atoms with E-state index < -0.39 is 5.91 Å². The first kappa shape index (κ1) is 14.6. The van der Waals surface area contributed by atoms with Gasteiger partial charge in [0.15, 0.2) is 0 Å². The average Bonchev–Trinajstić information content (AvgIpc) is 2.45. The summed E-state index contributed by atoms with van der Waals surface area (Å²) in [6, 6.07) is 11.6. The summed E-state index contributed by atoms with van der Waals surface area (Å²) in [6.45, 7) is 2.07. The molecule has 108 valence electrons. The zero-order valence-electron chi connectivity index (χ0n) is 11.6. The summed E-state index contributed by atoms with van der Waals surface area (Å²) in [7, 11) is 0. The Kier molecular flexibility index (Phi) is 4.23. The van der Waals surface area contributed by atoms with Crippen LogP contribution in [0.4, 0.5) is 0 Å². The highest BCUT2D eigenvalue weighted by atomic mass is 16.3. The maximum atomic E-state index is 12.0. The summed E-state index contributed by atoms with van der Waals surface area (Å²) in [6.07, 6.45) is 0. The number of carbonyl (C=O) groups excluding carboxylic acids is 2. The molecule has 2 amide bonds. The fourth-order valence-corrected chi connectivity index (χ4v) is 1.95. The number of amides is 2. The number of nitrogens with two attached hydrogens (primary N) is 1.